The molecule has 0 aromatic carbocycles. The van der Waals surface area contributed by atoms with Crippen molar-refractivity contribution in [1.82, 2.24) is 26.6 Å². The largest absolute Gasteiger partial charge is 0.481 e. The predicted octanol–water partition coefficient (Wildman–Crippen LogP) is 2.28. The van der Waals surface area contributed by atoms with Crippen LogP contribution in [0.4, 0.5) is 0 Å². The average molecular weight is 994 g/mol. The summed E-state index contributed by atoms with van der Waals surface area (Å²) in [5, 5.41) is 31.4. The van der Waals surface area contributed by atoms with Gasteiger partial charge in [0, 0.05) is 52.0 Å². The van der Waals surface area contributed by atoms with Crippen molar-refractivity contribution in [3.05, 3.63) is 0 Å². The third-order valence-electron chi connectivity index (χ3n) is 10.0. The molecule has 0 aliphatic rings. The second-order valence-corrected chi connectivity index (χ2v) is 16.0. The molecule has 0 aliphatic carbocycles. The van der Waals surface area contributed by atoms with E-state index in [4.69, 9.17) is 43.0 Å². The van der Waals surface area contributed by atoms with Gasteiger partial charge in [0.25, 0.3) is 0 Å². The molecule has 22 heteroatoms. The van der Waals surface area contributed by atoms with Gasteiger partial charge in [-0.25, -0.2) is 4.79 Å². The van der Waals surface area contributed by atoms with Crippen LogP contribution in [0.1, 0.15) is 122 Å². The molecular weight excluding hydrogens is 907 g/mol. The van der Waals surface area contributed by atoms with Crippen molar-refractivity contribution in [2.24, 2.45) is 0 Å². The van der Waals surface area contributed by atoms with Gasteiger partial charge in [0.15, 0.2) is 0 Å². The van der Waals surface area contributed by atoms with Gasteiger partial charge in [-0.1, -0.05) is 77.0 Å². The maximum absolute atomic E-state index is 12.3. The van der Waals surface area contributed by atoms with Crippen LogP contribution in [0, 0.1) is 0 Å². The van der Waals surface area contributed by atoms with Crippen LogP contribution >= 0.6 is 0 Å². The van der Waals surface area contributed by atoms with Crippen LogP contribution in [0.5, 0.6) is 0 Å². The third-order valence-corrected chi connectivity index (χ3v) is 10.0. The minimum Gasteiger partial charge on any atom is -0.481 e. The number of rotatable bonds is 53. The number of carbonyl (C=O) groups excluding carboxylic acids is 5. The first-order chi connectivity index (χ1) is 33.5. The number of hydrogen-bond donors (Lipinski definition) is 7. The normalized spacial score (nSPS) is 11.5. The Labute approximate surface area is 409 Å². The summed E-state index contributed by atoms with van der Waals surface area (Å²) in [6.07, 6.45) is 15.4. The number of carbonyl (C=O) groups is 7. The van der Waals surface area contributed by atoms with Gasteiger partial charge in [0.1, 0.15) is 25.9 Å². The summed E-state index contributed by atoms with van der Waals surface area (Å²) in [6, 6.07) is -1.15. The molecule has 0 saturated carbocycles. The fourth-order valence-corrected chi connectivity index (χ4v) is 6.29. The monoisotopic (exact) mass is 994 g/mol. The maximum Gasteiger partial charge on any atom is 0.326 e. The molecule has 22 nitrogen and oxygen atoms in total. The zero-order valence-electron chi connectivity index (χ0n) is 41.5. The van der Waals surface area contributed by atoms with Gasteiger partial charge in [-0.2, -0.15) is 0 Å². The Kier molecular flexibility index (Phi) is 47.4. The van der Waals surface area contributed by atoms with E-state index in [1.54, 1.807) is 0 Å². The summed E-state index contributed by atoms with van der Waals surface area (Å²) in [5.74, 6) is -3.48. The molecule has 5 amide bonds. The highest BCUT2D eigenvalue weighted by atomic mass is 16.5. The summed E-state index contributed by atoms with van der Waals surface area (Å²) < 4.78 is 42.4. The quantitative estimate of drug-likeness (QED) is 0.0430. The van der Waals surface area contributed by atoms with Crippen molar-refractivity contribution in [3.63, 3.8) is 0 Å². The molecule has 0 bridgehead atoms. The molecule has 0 rings (SSSR count). The molecule has 0 spiro atoms. The molecule has 0 fully saturated rings. The van der Waals surface area contributed by atoms with Crippen LogP contribution in [0.15, 0.2) is 0 Å². The summed E-state index contributed by atoms with van der Waals surface area (Å²) in [7, 11) is 0. The summed E-state index contributed by atoms with van der Waals surface area (Å²) in [4.78, 5) is 82.3. The highest BCUT2D eigenvalue weighted by molar-refractivity contribution is 5.84. The first-order valence-electron chi connectivity index (χ1n) is 25.0. The van der Waals surface area contributed by atoms with E-state index in [0.29, 0.717) is 39.4 Å². The number of ether oxygens (including phenoxy) is 8. The van der Waals surface area contributed by atoms with Crippen molar-refractivity contribution < 1.29 is 81.7 Å². The van der Waals surface area contributed by atoms with E-state index in [-0.39, 0.29) is 154 Å². The third kappa shape index (κ3) is 50.2. The van der Waals surface area contributed by atoms with E-state index in [0.717, 1.165) is 44.9 Å². The molecule has 0 heterocycles. The van der Waals surface area contributed by atoms with Crippen molar-refractivity contribution in [2.45, 2.75) is 129 Å². The molecule has 1 atom stereocenters. The van der Waals surface area contributed by atoms with Crippen LogP contribution in [-0.4, -0.2) is 190 Å². The molecule has 69 heavy (non-hydrogen) atoms. The Hall–Kier alpha value is -4.03. The standard InChI is InChI=1S/C47H87N5O17/c1-2-62-29-30-63-26-22-49-43(55)37-68-35-32-65-28-24-51-45(57)39-69-36-33-66-27-23-50-44(56)38-67-34-31-64-25-21-48-41(53)20-19-40(47(60)61)52-42(54)17-15-13-11-9-7-5-3-4-6-8-10-12-14-16-18-46(58)59/h40H,2-39H2,1H3,(H,48,53)(H,49,55)(H,50,56)(H,51,57)(H,52,54)(H,58,59)(H,60,61). The Morgan fingerprint density at radius 2 is 0.681 bits per heavy atom. The van der Waals surface area contributed by atoms with Crippen molar-refractivity contribution in [2.75, 3.05) is 132 Å². The van der Waals surface area contributed by atoms with Crippen LogP contribution in [-0.2, 0) is 71.5 Å². The number of amides is 5. The predicted molar refractivity (Wildman–Crippen MR) is 255 cm³/mol. The first-order valence-corrected chi connectivity index (χ1v) is 25.0. The number of carboxylic acids is 2. The maximum atomic E-state index is 12.3. The van der Waals surface area contributed by atoms with E-state index in [9.17, 15) is 38.7 Å². The molecule has 0 radical (unpaired) electrons. The Bertz CT molecular complexity index is 1320. The van der Waals surface area contributed by atoms with Crippen LogP contribution in [0.25, 0.3) is 0 Å². The number of carboxylic acid groups (broad SMARTS) is 2. The van der Waals surface area contributed by atoms with Crippen molar-refractivity contribution in [3.8, 4) is 0 Å². The average Bonchev–Trinajstić information content (AvgIpc) is 3.32. The van der Waals surface area contributed by atoms with E-state index in [1.807, 2.05) is 6.92 Å². The number of unbranched alkanes of at least 4 members (excludes halogenated alkanes) is 13. The van der Waals surface area contributed by atoms with Gasteiger partial charge in [-0.3, -0.25) is 28.8 Å². The van der Waals surface area contributed by atoms with Gasteiger partial charge in [0.2, 0.25) is 29.5 Å². The lowest BCUT2D eigenvalue weighted by Gasteiger charge is -2.14. The van der Waals surface area contributed by atoms with E-state index >= 15 is 0 Å². The zero-order valence-corrected chi connectivity index (χ0v) is 41.5. The fraction of sp³-hybridized carbons (Fsp3) is 0.851. The van der Waals surface area contributed by atoms with Gasteiger partial charge in [0.05, 0.1) is 79.3 Å². The van der Waals surface area contributed by atoms with Gasteiger partial charge >= 0.3 is 11.9 Å². The first kappa shape index (κ1) is 65.0. The molecule has 0 aromatic heterocycles. The summed E-state index contributed by atoms with van der Waals surface area (Å²) in [6.45, 7) is 6.65. The Morgan fingerprint density at radius 1 is 0.362 bits per heavy atom. The van der Waals surface area contributed by atoms with E-state index < -0.39 is 18.0 Å². The summed E-state index contributed by atoms with van der Waals surface area (Å²) >= 11 is 0. The van der Waals surface area contributed by atoms with E-state index in [2.05, 4.69) is 26.6 Å². The van der Waals surface area contributed by atoms with Gasteiger partial charge in [-0.05, 0) is 26.2 Å². The van der Waals surface area contributed by atoms with Crippen LogP contribution in [0.3, 0.4) is 0 Å². The molecular formula is C47H87N5O17. The van der Waals surface area contributed by atoms with Gasteiger partial charge in [-0.15, -0.1) is 0 Å². The molecule has 1 unspecified atom stereocenters. The summed E-state index contributed by atoms with van der Waals surface area (Å²) in [5.41, 5.74) is 0. The minimum atomic E-state index is -1.19. The lowest BCUT2D eigenvalue weighted by Crippen LogP contribution is -2.41. The van der Waals surface area contributed by atoms with E-state index in [1.165, 1.54) is 38.5 Å². The number of nitrogens with one attached hydrogen (secondary N) is 5. The Morgan fingerprint density at radius 3 is 1.03 bits per heavy atom. The van der Waals surface area contributed by atoms with Gasteiger partial charge < -0.3 is 74.7 Å². The highest BCUT2D eigenvalue weighted by Gasteiger charge is 2.21. The zero-order chi connectivity index (χ0) is 50.7. The van der Waals surface area contributed by atoms with Crippen LogP contribution in [0.2, 0.25) is 0 Å². The van der Waals surface area contributed by atoms with Crippen molar-refractivity contribution >= 4 is 41.5 Å². The molecule has 0 saturated heterocycles. The van der Waals surface area contributed by atoms with Crippen LogP contribution < -0.4 is 26.6 Å². The minimum absolute atomic E-state index is 0.0330. The fourth-order valence-electron chi connectivity index (χ4n) is 6.29. The number of hydrogen-bond acceptors (Lipinski definition) is 15. The molecule has 402 valence electrons. The highest BCUT2D eigenvalue weighted by Crippen LogP contribution is 2.14. The SMILES string of the molecule is CCOCCOCCNC(=O)COCCOCCNC(=O)COCCOCCNC(=O)COCCOCCNC(=O)CCC(NC(=O)CCCCCCCCCCCCCCCCC(=O)O)C(=O)O. The topological polar surface area (TPSA) is 294 Å². The second kappa shape index (κ2) is 50.4. The lowest BCUT2D eigenvalue weighted by molar-refractivity contribution is -0.142. The number of aliphatic carboxylic acids is 2. The Balaban J connectivity index is 3.59. The smallest absolute Gasteiger partial charge is 0.326 e. The van der Waals surface area contributed by atoms with Crippen molar-refractivity contribution in [1.29, 1.82) is 0 Å². The molecule has 7 N–H and O–H groups in total. The second-order valence-electron chi connectivity index (χ2n) is 16.0. The molecule has 0 aliphatic heterocycles. The lowest BCUT2D eigenvalue weighted by atomic mass is 10.0. The molecule has 0 aromatic rings.